The van der Waals surface area contributed by atoms with Gasteiger partial charge in [-0.15, -0.1) is 11.6 Å². The highest BCUT2D eigenvalue weighted by Crippen LogP contribution is 2.22. The van der Waals surface area contributed by atoms with E-state index in [9.17, 15) is 0 Å². The number of nitrogens with zero attached hydrogens (tertiary/aromatic N) is 1. The highest BCUT2D eigenvalue weighted by atomic mass is 79.9. The number of alkyl halides is 1. The van der Waals surface area contributed by atoms with E-state index in [0.717, 1.165) is 23.0 Å². The van der Waals surface area contributed by atoms with Crippen molar-refractivity contribution in [1.82, 2.24) is 4.98 Å². The summed E-state index contributed by atoms with van der Waals surface area (Å²) in [6.07, 6.45) is 5.62. The van der Waals surface area contributed by atoms with Crippen molar-refractivity contribution in [3.8, 4) is 0 Å². The van der Waals surface area contributed by atoms with Crippen LogP contribution in [0.1, 0.15) is 19.8 Å². The average molecular weight is 278 g/mol. The molecule has 1 heterocycles. The second kappa shape index (κ2) is 6.25. The molecule has 0 radical (unpaired) electrons. The summed E-state index contributed by atoms with van der Waals surface area (Å²) in [5.74, 6) is 0.689. The maximum atomic E-state index is 5.72. The smallest absolute Gasteiger partial charge is 0.0590 e. The van der Waals surface area contributed by atoms with E-state index in [-0.39, 0.29) is 0 Å². The summed E-state index contributed by atoms with van der Waals surface area (Å²) in [7, 11) is 0. The van der Waals surface area contributed by atoms with E-state index >= 15 is 0 Å². The van der Waals surface area contributed by atoms with Crippen LogP contribution < -0.4 is 5.32 Å². The SMILES string of the molecule is CCC(CCCl)Nc1ccncc1Br. The summed E-state index contributed by atoms with van der Waals surface area (Å²) in [6.45, 7) is 2.15. The first-order chi connectivity index (χ1) is 6.77. The summed E-state index contributed by atoms with van der Waals surface area (Å²) >= 11 is 9.16. The number of aromatic nitrogens is 1. The predicted molar refractivity (Wildman–Crippen MR) is 65.0 cm³/mol. The Hall–Kier alpha value is -0.280. The normalized spacial score (nSPS) is 12.5. The van der Waals surface area contributed by atoms with E-state index in [1.165, 1.54) is 0 Å². The van der Waals surface area contributed by atoms with Gasteiger partial charge in [-0.25, -0.2) is 0 Å². The van der Waals surface area contributed by atoms with Gasteiger partial charge in [-0.2, -0.15) is 0 Å². The van der Waals surface area contributed by atoms with Crippen molar-refractivity contribution in [3.05, 3.63) is 22.9 Å². The maximum absolute atomic E-state index is 5.72. The predicted octanol–water partition coefficient (Wildman–Crippen LogP) is 3.66. The second-order valence-electron chi connectivity index (χ2n) is 3.08. The summed E-state index contributed by atoms with van der Waals surface area (Å²) in [5.41, 5.74) is 1.08. The average Bonchev–Trinajstić information content (AvgIpc) is 2.20. The fourth-order valence-electron chi connectivity index (χ4n) is 1.22. The first kappa shape index (κ1) is 11.8. The lowest BCUT2D eigenvalue weighted by atomic mass is 10.1. The molecule has 0 aromatic carbocycles. The first-order valence-corrected chi connectivity index (χ1v) is 6.02. The van der Waals surface area contributed by atoms with Gasteiger partial charge in [-0.05, 0) is 34.8 Å². The van der Waals surface area contributed by atoms with Gasteiger partial charge in [0.05, 0.1) is 10.2 Å². The zero-order valence-corrected chi connectivity index (χ0v) is 10.5. The summed E-state index contributed by atoms with van der Waals surface area (Å²) in [6, 6.07) is 2.40. The monoisotopic (exact) mass is 276 g/mol. The van der Waals surface area contributed by atoms with Crippen molar-refractivity contribution in [2.75, 3.05) is 11.2 Å². The minimum atomic E-state index is 0.436. The number of hydrogen-bond acceptors (Lipinski definition) is 2. The Kier molecular flexibility index (Phi) is 5.26. The number of hydrogen-bond donors (Lipinski definition) is 1. The Bertz CT molecular complexity index is 281. The number of nitrogens with one attached hydrogen (secondary N) is 1. The lowest BCUT2D eigenvalue weighted by molar-refractivity contribution is 0.674. The van der Waals surface area contributed by atoms with Crippen LogP contribution in [0.3, 0.4) is 0 Å². The van der Waals surface area contributed by atoms with Gasteiger partial charge in [0.15, 0.2) is 0 Å². The summed E-state index contributed by atoms with van der Waals surface area (Å²) < 4.78 is 0.994. The topological polar surface area (TPSA) is 24.9 Å². The highest BCUT2D eigenvalue weighted by Gasteiger charge is 2.06. The van der Waals surface area contributed by atoms with Crippen LogP contribution in [0.2, 0.25) is 0 Å². The van der Waals surface area contributed by atoms with Crippen molar-refractivity contribution in [2.24, 2.45) is 0 Å². The molecule has 0 fully saturated rings. The Labute approximate surface area is 98.2 Å². The van der Waals surface area contributed by atoms with Crippen LogP contribution in [0.4, 0.5) is 5.69 Å². The molecule has 0 amide bonds. The summed E-state index contributed by atoms with van der Waals surface area (Å²) in [5, 5.41) is 3.43. The van der Waals surface area contributed by atoms with Crippen molar-refractivity contribution in [2.45, 2.75) is 25.8 Å². The molecule has 14 heavy (non-hydrogen) atoms. The molecule has 0 spiro atoms. The lowest BCUT2D eigenvalue weighted by Gasteiger charge is -2.17. The lowest BCUT2D eigenvalue weighted by Crippen LogP contribution is -2.19. The molecule has 4 heteroatoms. The van der Waals surface area contributed by atoms with Crippen molar-refractivity contribution < 1.29 is 0 Å². The zero-order valence-electron chi connectivity index (χ0n) is 8.13. The van der Waals surface area contributed by atoms with E-state index in [0.29, 0.717) is 11.9 Å². The molecule has 0 saturated heterocycles. The van der Waals surface area contributed by atoms with E-state index < -0.39 is 0 Å². The maximum Gasteiger partial charge on any atom is 0.0590 e. The van der Waals surface area contributed by atoms with Crippen LogP contribution in [0.15, 0.2) is 22.9 Å². The molecule has 1 rings (SSSR count). The number of anilines is 1. The summed E-state index contributed by atoms with van der Waals surface area (Å²) in [4.78, 5) is 4.01. The minimum absolute atomic E-state index is 0.436. The molecule has 1 N–H and O–H groups in total. The standard InChI is InChI=1S/C10H14BrClN2/c1-2-8(3-5-12)14-10-4-6-13-7-9(10)11/h4,6-8H,2-3,5H2,1H3,(H,13,14). The molecule has 0 aliphatic carbocycles. The van der Waals surface area contributed by atoms with Gasteiger partial charge in [0.2, 0.25) is 0 Å². The largest absolute Gasteiger partial charge is 0.381 e. The van der Waals surface area contributed by atoms with Crippen LogP contribution in [-0.2, 0) is 0 Å². The van der Waals surface area contributed by atoms with Gasteiger partial charge in [0.25, 0.3) is 0 Å². The molecule has 1 atom stereocenters. The molecule has 1 aromatic heterocycles. The second-order valence-corrected chi connectivity index (χ2v) is 4.31. The third kappa shape index (κ3) is 3.46. The van der Waals surface area contributed by atoms with E-state index in [1.54, 1.807) is 12.4 Å². The molecule has 0 saturated carbocycles. The van der Waals surface area contributed by atoms with Crippen molar-refractivity contribution in [3.63, 3.8) is 0 Å². The Morgan fingerprint density at radius 3 is 3.00 bits per heavy atom. The molecule has 0 aliphatic heterocycles. The third-order valence-electron chi connectivity index (χ3n) is 2.08. The zero-order chi connectivity index (χ0) is 10.4. The molecule has 2 nitrogen and oxygen atoms in total. The molecular formula is C10H14BrClN2. The molecule has 78 valence electrons. The van der Waals surface area contributed by atoms with Crippen molar-refractivity contribution in [1.29, 1.82) is 0 Å². The molecule has 1 unspecified atom stereocenters. The van der Waals surface area contributed by atoms with Gasteiger partial charge >= 0.3 is 0 Å². The number of halogens is 2. The number of pyridine rings is 1. The minimum Gasteiger partial charge on any atom is -0.381 e. The fourth-order valence-corrected chi connectivity index (χ4v) is 1.85. The van der Waals surface area contributed by atoms with E-state index in [4.69, 9.17) is 11.6 Å². The van der Waals surface area contributed by atoms with E-state index in [2.05, 4.69) is 33.2 Å². The first-order valence-electron chi connectivity index (χ1n) is 4.70. The van der Waals surface area contributed by atoms with Crippen LogP contribution >= 0.6 is 27.5 Å². The van der Waals surface area contributed by atoms with Crippen molar-refractivity contribution >= 4 is 33.2 Å². The molecule has 1 aromatic rings. The van der Waals surface area contributed by atoms with Crippen LogP contribution in [0.5, 0.6) is 0 Å². The van der Waals surface area contributed by atoms with Gasteiger partial charge in [-0.1, -0.05) is 6.92 Å². The van der Waals surface area contributed by atoms with Gasteiger partial charge in [0.1, 0.15) is 0 Å². The Morgan fingerprint density at radius 2 is 2.43 bits per heavy atom. The third-order valence-corrected chi connectivity index (χ3v) is 2.93. The molecule has 0 aliphatic rings. The van der Waals surface area contributed by atoms with E-state index in [1.807, 2.05) is 6.07 Å². The van der Waals surface area contributed by atoms with Gasteiger partial charge < -0.3 is 5.32 Å². The highest BCUT2D eigenvalue weighted by molar-refractivity contribution is 9.10. The molecular weight excluding hydrogens is 263 g/mol. The van der Waals surface area contributed by atoms with Crippen LogP contribution in [0.25, 0.3) is 0 Å². The number of rotatable bonds is 5. The Morgan fingerprint density at radius 1 is 1.64 bits per heavy atom. The van der Waals surface area contributed by atoms with Crippen LogP contribution in [0, 0.1) is 0 Å². The quantitative estimate of drug-likeness (QED) is 0.831. The van der Waals surface area contributed by atoms with Gasteiger partial charge in [0, 0.05) is 24.3 Å². The Balaban J connectivity index is 2.62. The fraction of sp³-hybridized carbons (Fsp3) is 0.500. The van der Waals surface area contributed by atoms with Crippen LogP contribution in [-0.4, -0.2) is 16.9 Å². The molecule has 0 bridgehead atoms. The van der Waals surface area contributed by atoms with Gasteiger partial charge in [-0.3, -0.25) is 4.98 Å².